The average Bonchev–Trinajstić information content (AvgIpc) is 3.45. The lowest BCUT2D eigenvalue weighted by Gasteiger charge is -2.21. The lowest BCUT2D eigenvalue weighted by atomic mass is 10.1. The first kappa shape index (κ1) is 22.8. The zero-order chi connectivity index (χ0) is 24.2. The Morgan fingerprint density at radius 1 is 1.06 bits per heavy atom. The molecule has 2 amide bonds. The molecule has 9 nitrogen and oxygen atoms in total. The number of rotatable bonds is 10. The van der Waals surface area contributed by atoms with E-state index in [9.17, 15) is 9.59 Å². The number of methoxy groups -OCH3 is 1. The highest BCUT2D eigenvalue weighted by Gasteiger charge is 2.33. The summed E-state index contributed by atoms with van der Waals surface area (Å²) in [6, 6.07) is 14.9. The molecule has 35 heavy (non-hydrogen) atoms. The van der Waals surface area contributed by atoms with E-state index in [0.717, 1.165) is 29.7 Å². The van der Waals surface area contributed by atoms with E-state index in [1.54, 1.807) is 18.1 Å². The largest absolute Gasteiger partial charge is 0.497 e. The molecule has 2 aromatic carbocycles. The highest BCUT2D eigenvalue weighted by Crippen LogP contribution is 2.33. The van der Waals surface area contributed by atoms with Crippen molar-refractivity contribution in [2.24, 2.45) is 5.92 Å². The Balaban J connectivity index is 1.18. The zero-order valence-electron chi connectivity index (χ0n) is 19.5. The minimum atomic E-state index is -0.351. The SMILES string of the molecule is COc1ccc(CCN(Cc2cc(C(=O)NCc3ccc4c(c3)OCO4)no2)C(=O)C2CC2)cc1. The third-order valence-electron chi connectivity index (χ3n) is 6.10. The summed E-state index contributed by atoms with van der Waals surface area (Å²) < 4.78 is 21.3. The van der Waals surface area contributed by atoms with Crippen LogP contribution in [0.15, 0.2) is 53.1 Å². The molecular weight excluding hydrogens is 450 g/mol. The van der Waals surface area contributed by atoms with Crippen LogP contribution >= 0.6 is 0 Å². The van der Waals surface area contributed by atoms with Crippen LogP contribution in [0, 0.1) is 5.92 Å². The van der Waals surface area contributed by atoms with Gasteiger partial charge in [-0.05, 0) is 54.7 Å². The Hall–Kier alpha value is -4.01. The van der Waals surface area contributed by atoms with Gasteiger partial charge in [-0.25, -0.2) is 0 Å². The molecule has 2 heterocycles. The molecular formula is C26H27N3O6. The lowest BCUT2D eigenvalue weighted by molar-refractivity contribution is -0.133. The summed E-state index contributed by atoms with van der Waals surface area (Å²) in [5.41, 5.74) is 2.17. The smallest absolute Gasteiger partial charge is 0.273 e. The molecule has 1 aliphatic carbocycles. The van der Waals surface area contributed by atoms with Gasteiger partial charge in [-0.1, -0.05) is 23.4 Å². The molecule has 182 valence electrons. The fourth-order valence-electron chi connectivity index (χ4n) is 3.92. The van der Waals surface area contributed by atoms with Crippen LogP contribution in [0.25, 0.3) is 0 Å². The Morgan fingerprint density at radius 3 is 2.60 bits per heavy atom. The van der Waals surface area contributed by atoms with E-state index in [-0.39, 0.29) is 36.8 Å². The summed E-state index contributed by atoms with van der Waals surface area (Å²) in [7, 11) is 1.63. The topological polar surface area (TPSA) is 103 Å². The number of amides is 2. The number of carbonyl (C=O) groups is 2. The van der Waals surface area contributed by atoms with Gasteiger partial charge in [-0.3, -0.25) is 9.59 Å². The van der Waals surface area contributed by atoms with Gasteiger partial charge in [0.05, 0.1) is 13.7 Å². The van der Waals surface area contributed by atoms with Crippen LogP contribution in [0.5, 0.6) is 17.2 Å². The molecule has 1 fully saturated rings. The van der Waals surface area contributed by atoms with Gasteiger partial charge in [0.2, 0.25) is 12.7 Å². The highest BCUT2D eigenvalue weighted by molar-refractivity contribution is 5.92. The van der Waals surface area contributed by atoms with Gasteiger partial charge >= 0.3 is 0 Å². The van der Waals surface area contributed by atoms with Crippen molar-refractivity contribution in [3.05, 3.63) is 71.1 Å². The van der Waals surface area contributed by atoms with Crippen molar-refractivity contribution >= 4 is 11.8 Å². The van der Waals surface area contributed by atoms with Crippen molar-refractivity contribution in [2.45, 2.75) is 32.4 Å². The van der Waals surface area contributed by atoms with Gasteiger partial charge in [0.1, 0.15) is 5.75 Å². The summed E-state index contributed by atoms with van der Waals surface area (Å²) in [5, 5.41) is 6.74. The molecule has 3 aromatic rings. The van der Waals surface area contributed by atoms with Gasteiger partial charge in [-0.2, -0.15) is 0 Å². The molecule has 2 aliphatic rings. The number of fused-ring (bicyclic) bond motifs is 1. The number of nitrogens with zero attached hydrogens (tertiary/aromatic N) is 2. The van der Waals surface area contributed by atoms with Crippen molar-refractivity contribution in [3.8, 4) is 17.2 Å². The van der Waals surface area contributed by atoms with Crippen LogP contribution < -0.4 is 19.5 Å². The number of hydrogen-bond acceptors (Lipinski definition) is 7. The summed E-state index contributed by atoms with van der Waals surface area (Å²) in [6.07, 6.45) is 2.54. The van der Waals surface area contributed by atoms with Crippen molar-refractivity contribution in [3.63, 3.8) is 0 Å². The van der Waals surface area contributed by atoms with Crippen LogP contribution in [-0.2, 0) is 24.3 Å². The normalized spacial score (nSPS) is 14.0. The maximum absolute atomic E-state index is 12.9. The van der Waals surface area contributed by atoms with E-state index < -0.39 is 0 Å². The number of carbonyl (C=O) groups excluding carboxylic acids is 2. The maximum Gasteiger partial charge on any atom is 0.273 e. The molecule has 1 aromatic heterocycles. The molecule has 9 heteroatoms. The molecule has 0 radical (unpaired) electrons. The predicted octanol–water partition coefficient (Wildman–Crippen LogP) is 3.32. The Kier molecular flexibility index (Phi) is 6.56. The van der Waals surface area contributed by atoms with Crippen molar-refractivity contribution < 1.29 is 28.3 Å². The number of benzene rings is 2. The minimum Gasteiger partial charge on any atom is -0.497 e. The summed E-state index contributed by atoms with van der Waals surface area (Å²) in [6.45, 7) is 1.33. The van der Waals surface area contributed by atoms with E-state index >= 15 is 0 Å². The second kappa shape index (κ2) is 10.1. The fraction of sp³-hybridized carbons (Fsp3) is 0.346. The van der Waals surface area contributed by atoms with Gasteiger partial charge in [0.25, 0.3) is 5.91 Å². The number of nitrogens with one attached hydrogen (secondary N) is 1. The predicted molar refractivity (Wildman–Crippen MR) is 125 cm³/mol. The number of aromatic nitrogens is 1. The molecule has 1 aliphatic heterocycles. The van der Waals surface area contributed by atoms with E-state index in [1.807, 2.05) is 42.5 Å². The molecule has 0 spiro atoms. The summed E-state index contributed by atoms with van der Waals surface area (Å²) in [5.74, 6) is 2.47. The van der Waals surface area contributed by atoms with Crippen LogP contribution in [0.1, 0.15) is 40.2 Å². The number of hydrogen-bond donors (Lipinski definition) is 1. The first-order chi connectivity index (χ1) is 17.1. The van der Waals surface area contributed by atoms with Crippen molar-refractivity contribution in [1.29, 1.82) is 0 Å². The molecule has 0 bridgehead atoms. The molecule has 1 saturated carbocycles. The van der Waals surface area contributed by atoms with Crippen LogP contribution in [0.3, 0.4) is 0 Å². The first-order valence-corrected chi connectivity index (χ1v) is 11.6. The zero-order valence-corrected chi connectivity index (χ0v) is 19.5. The monoisotopic (exact) mass is 477 g/mol. The van der Waals surface area contributed by atoms with Crippen LogP contribution in [-0.4, -0.2) is 42.3 Å². The van der Waals surface area contributed by atoms with E-state index in [4.69, 9.17) is 18.7 Å². The Morgan fingerprint density at radius 2 is 1.83 bits per heavy atom. The molecule has 5 rings (SSSR count). The molecule has 0 atom stereocenters. The number of ether oxygens (including phenoxy) is 3. The average molecular weight is 478 g/mol. The van der Waals surface area contributed by atoms with Crippen molar-refractivity contribution in [1.82, 2.24) is 15.4 Å². The van der Waals surface area contributed by atoms with Gasteiger partial charge in [0, 0.05) is 25.1 Å². The maximum atomic E-state index is 12.9. The van der Waals surface area contributed by atoms with E-state index in [2.05, 4.69) is 10.5 Å². The van der Waals surface area contributed by atoms with Crippen molar-refractivity contribution in [2.75, 3.05) is 20.4 Å². The van der Waals surface area contributed by atoms with Crippen LogP contribution in [0.2, 0.25) is 0 Å². The standard InChI is InChI=1S/C26H27N3O6/c1-32-20-7-2-17(3-8-20)10-11-29(26(31)19-5-6-19)15-21-13-22(28-35-21)25(30)27-14-18-4-9-23-24(12-18)34-16-33-23/h2-4,7-9,12-13,19H,5-6,10-11,14-16H2,1H3,(H,27,30). The summed E-state index contributed by atoms with van der Waals surface area (Å²) >= 11 is 0. The lowest BCUT2D eigenvalue weighted by Crippen LogP contribution is -2.33. The second-order valence-electron chi connectivity index (χ2n) is 8.68. The minimum absolute atomic E-state index is 0.0817. The third kappa shape index (κ3) is 5.56. The second-order valence-corrected chi connectivity index (χ2v) is 8.68. The van der Waals surface area contributed by atoms with E-state index in [1.165, 1.54) is 0 Å². The molecule has 0 saturated heterocycles. The highest BCUT2D eigenvalue weighted by atomic mass is 16.7. The third-order valence-corrected chi connectivity index (χ3v) is 6.10. The Bertz CT molecular complexity index is 1200. The van der Waals surface area contributed by atoms with Gasteiger partial charge in [0.15, 0.2) is 23.0 Å². The van der Waals surface area contributed by atoms with E-state index in [0.29, 0.717) is 36.8 Å². The van der Waals surface area contributed by atoms with Crippen LogP contribution in [0.4, 0.5) is 0 Å². The van der Waals surface area contributed by atoms with Gasteiger partial charge in [-0.15, -0.1) is 0 Å². The quantitative estimate of drug-likeness (QED) is 0.478. The molecule has 1 N–H and O–H groups in total. The Labute approximate surface area is 202 Å². The summed E-state index contributed by atoms with van der Waals surface area (Å²) in [4.78, 5) is 27.2. The van der Waals surface area contributed by atoms with Gasteiger partial charge < -0.3 is 29.0 Å². The fourth-order valence-corrected chi connectivity index (χ4v) is 3.92. The molecule has 0 unspecified atom stereocenters. The first-order valence-electron chi connectivity index (χ1n) is 11.6.